The van der Waals surface area contributed by atoms with Crippen LogP contribution in [0.5, 0.6) is 0 Å². The second-order valence-corrected chi connectivity index (χ2v) is 7.04. The number of rotatable bonds is 8. The Labute approximate surface area is 152 Å². The molecule has 1 rings (SSSR count). The average molecular weight is 348 g/mol. The maximum absolute atomic E-state index is 12.1. The lowest BCUT2D eigenvalue weighted by atomic mass is 9.74. The molecule has 25 heavy (non-hydrogen) atoms. The second kappa shape index (κ2) is 10.2. The van der Waals surface area contributed by atoms with Gasteiger partial charge in [0.1, 0.15) is 0 Å². The van der Waals surface area contributed by atoms with E-state index in [1.54, 1.807) is 0 Å². The fourth-order valence-electron chi connectivity index (χ4n) is 3.16. The van der Waals surface area contributed by atoms with Crippen molar-refractivity contribution in [1.82, 2.24) is 0 Å². The molecule has 4 heteroatoms. The van der Waals surface area contributed by atoms with Gasteiger partial charge in [0, 0.05) is 0 Å². The van der Waals surface area contributed by atoms with Gasteiger partial charge in [0.05, 0.1) is 14.2 Å². The lowest BCUT2D eigenvalue weighted by Crippen LogP contribution is -2.42. The van der Waals surface area contributed by atoms with Crippen LogP contribution in [0.2, 0.25) is 0 Å². The molecule has 0 spiro atoms. The van der Waals surface area contributed by atoms with Crippen molar-refractivity contribution in [3.63, 3.8) is 0 Å². The first-order chi connectivity index (χ1) is 11.9. The van der Waals surface area contributed by atoms with E-state index >= 15 is 0 Å². The zero-order valence-corrected chi connectivity index (χ0v) is 16.3. The molecule has 1 aliphatic carbocycles. The van der Waals surface area contributed by atoms with Crippen molar-refractivity contribution in [2.75, 3.05) is 14.2 Å². The van der Waals surface area contributed by atoms with E-state index in [1.807, 2.05) is 6.08 Å². The van der Waals surface area contributed by atoms with E-state index in [1.165, 1.54) is 30.9 Å². The Bertz CT molecular complexity index is 546. The molecular formula is C21H32O4. The van der Waals surface area contributed by atoms with Crippen LogP contribution in [0.25, 0.3) is 0 Å². The summed E-state index contributed by atoms with van der Waals surface area (Å²) in [5.41, 5.74) is 2.91. The molecule has 0 aromatic rings. The molecule has 0 atom stereocenters. The molecule has 0 fully saturated rings. The first-order valence-corrected chi connectivity index (χ1v) is 8.99. The molecule has 0 aromatic heterocycles. The van der Waals surface area contributed by atoms with Crippen LogP contribution in [-0.4, -0.2) is 26.2 Å². The Kier molecular flexibility index (Phi) is 8.67. The van der Waals surface area contributed by atoms with E-state index in [-0.39, 0.29) is 0 Å². The van der Waals surface area contributed by atoms with Gasteiger partial charge in [-0.2, -0.15) is 0 Å². The van der Waals surface area contributed by atoms with E-state index in [4.69, 9.17) is 9.47 Å². The molecule has 140 valence electrons. The Hall–Kier alpha value is -1.84. The summed E-state index contributed by atoms with van der Waals surface area (Å²) in [6, 6.07) is 0. The Morgan fingerprint density at radius 2 is 1.72 bits per heavy atom. The highest BCUT2D eigenvalue weighted by atomic mass is 16.5. The normalized spacial score (nSPS) is 16.7. The number of allylic oxidation sites excluding steroid dienone is 6. The lowest BCUT2D eigenvalue weighted by molar-refractivity contribution is -0.169. The van der Waals surface area contributed by atoms with E-state index in [9.17, 15) is 9.59 Å². The minimum absolute atomic E-state index is 0.366. The van der Waals surface area contributed by atoms with E-state index in [0.717, 1.165) is 32.1 Å². The number of hydrogen-bond donors (Lipinski definition) is 0. The molecule has 0 saturated carbocycles. The molecule has 0 amide bonds. The van der Waals surface area contributed by atoms with Crippen molar-refractivity contribution in [2.45, 2.75) is 65.7 Å². The smallest absolute Gasteiger partial charge is 0.323 e. The summed E-state index contributed by atoms with van der Waals surface area (Å²) in [7, 11) is 2.63. The largest absolute Gasteiger partial charge is 0.468 e. The number of ether oxygens (including phenoxy) is 2. The van der Waals surface area contributed by atoms with Gasteiger partial charge in [-0.3, -0.25) is 9.59 Å². The van der Waals surface area contributed by atoms with Gasteiger partial charge in [0.2, 0.25) is 0 Å². The average Bonchev–Trinajstić information content (AvgIpc) is 2.60. The van der Waals surface area contributed by atoms with E-state index in [0.29, 0.717) is 12.8 Å². The third kappa shape index (κ3) is 6.18. The summed E-state index contributed by atoms with van der Waals surface area (Å²) in [6.07, 6.45) is 12.3. The fraction of sp³-hybridized carbons (Fsp3) is 0.619. The zero-order chi connectivity index (χ0) is 18.9. The van der Waals surface area contributed by atoms with Crippen LogP contribution in [0.3, 0.4) is 0 Å². The Morgan fingerprint density at radius 3 is 2.20 bits per heavy atom. The third-order valence-electron chi connectivity index (χ3n) is 4.81. The van der Waals surface area contributed by atoms with Crippen LogP contribution in [0, 0.1) is 5.41 Å². The van der Waals surface area contributed by atoms with Crippen molar-refractivity contribution in [1.29, 1.82) is 0 Å². The zero-order valence-electron chi connectivity index (χ0n) is 16.3. The van der Waals surface area contributed by atoms with Crippen LogP contribution in [0.1, 0.15) is 65.7 Å². The molecule has 0 saturated heterocycles. The minimum Gasteiger partial charge on any atom is -0.468 e. The van der Waals surface area contributed by atoms with Crippen molar-refractivity contribution in [2.24, 2.45) is 5.41 Å². The van der Waals surface area contributed by atoms with Gasteiger partial charge in [-0.15, -0.1) is 0 Å². The standard InChI is InChI=1S/C21H32O4/c1-16(2)8-6-9-17(3)10-7-11-18-12-14-21(15-13-18,19(22)24-4)20(23)25-5/h8,10,12H,6-7,9,11,13-15H2,1-5H3. The van der Waals surface area contributed by atoms with Crippen molar-refractivity contribution < 1.29 is 19.1 Å². The molecule has 4 nitrogen and oxygen atoms in total. The van der Waals surface area contributed by atoms with Gasteiger partial charge in [-0.25, -0.2) is 0 Å². The van der Waals surface area contributed by atoms with Crippen LogP contribution in [0.4, 0.5) is 0 Å². The highest BCUT2D eigenvalue weighted by Crippen LogP contribution is 2.39. The Morgan fingerprint density at radius 1 is 1.08 bits per heavy atom. The van der Waals surface area contributed by atoms with Gasteiger partial charge >= 0.3 is 11.9 Å². The number of carbonyl (C=O) groups excluding carboxylic acids is 2. The van der Waals surface area contributed by atoms with Gasteiger partial charge in [-0.1, -0.05) is 34.9 Å². The van der Waals surface area contributed by atoms with Crippen molar-refractivity contribution in [3.05, 3.63) is 34.9 Å². The highest BCUT2D eigenvalue weighted by Gasteiger charge is 2.48. The predicted octanol–water partition coefficient (Wildman–Crippen LogP) is 4.90. The molecule has 0 radical (unpaired) electrons. The Balaban J connectivity index is 2.58. The third-order valence-corrected chi connectivity index (χ3v) is 4.81. The summed E-state index contributed by atoms with van der Waals surface area (Å²) >= 11 is 0. The molecule has 1 aliphatic rings. The minimum atomic E-state index is -1.16. The molecule has 0 heterocycles. The number of carbonyl (C=O) groups is 2. The SMILES string of the molecule is COC(=O)C1(C(=O)OC)CC=C(CCC=C(C)CCC=C(C)C)CC1. The van der Waals surface area contributed by atoms with Crippen LogP contribution < -0.4 is 0 Å². The topological polar surface area (TPSA) is 52.6 Å². The van der Waals surface area contributed by atoms with Crippen LogP contribution in [0.15, 0.2) is 34.9 Å². The predicted molar refractivity (Wildman–Crippen MR) is 100 cm³/mol. The quantitative estimate of drug-likeness (QED) is 0.355. The van der Waals surface area contributed by atoms with Gasteiger partial charge in [0.25, 0.3) is 0 Å². The summed E-state index contributed by atoms with van der Waals surface area (Å²) in [5.74, 6) is -0.991. The first-order valence-electron chi connectivity index (χ1n) is 8.99. The maximum atomic E-state index is 12.1. The van der Waals surface area contributed by atoms with Crippen molar-refractivity contribution in [3.8, 4) is 0 Å². The molecule has 0 N–H and O–H groups in total. The summed E-state index contributed by atoms with van der Waals surface area (Å²) < 4.78 is 9.67. The fourth-order valence-corrected chi connectivity index (χ4v) is 3.16. The first kappa shape index (κ1) is 21.2. The van der Waals surface area contributed by atoms with Crippen LogP contribution in [-0.2, 0) is 19.1 Å². The summed E-state index contributed by atoms with van der Waals surface area (Å²) in [5, 5.41) is 0. The van der Waals surface area contributed by atoms with Gasteiger partial charge in [-0.05, 0) is 65.7 Å². The van der Waals surface area contributed by atoms with E-state index < -0.39 is 17.4 Å². The van der Waals surface area contributed by atoms with Gasteiger partial charge < -0.3 is 9.47 Å². The molecule has 0 aromatic carbocycles. The monoisotopic (exact) mass is 348 g/mol. The lowest BCUT2D eigenvalue weighted by Gasteiger charge is -2.31. The summed E-state index contributed by atoms with van der Waals surface area (Å²) in [6.45, 7) is 6.42. The summed E-state index contributed by atoms with van der Waals surface area (Å²) in [4.78, 5) is 24.2. The molecule has 0 unspecified atom stereocenters. The van der Waals surface area contributed by atoms with Crippen LogP contribution >= 0.6 is 0 Å². The number of esters is 2. The van der Waals surface area contributed by atoms with Gasteiger partial charge in [0.15, 0.2) is 5.41 Å². The number of methoxy groups -OCH3 is 2. The molecule has 0 aliphatic heterocycles. The highest BCUT2D eigenvalue weighted by molar-refractivity contribution is 6.00. The molecular weight excluding hydrogens is 316 g/mol. The van der Waals surface area contributed by atoms with E-state index in [2.05, 4.69) is 32.9 Å². The molecule has 0 bridgehead atoms. The van der Waals surface area contributed by atoms with Crippen molar-refractivity contribution >= 4 is 11.9 Å². The number of hydrogen-bond acceptors (Lipinski definition) is 4. The maximum Gasteiger partial charge on any atom is 0.323 e. The second-order valence-electron chi connectivity index (χ2n) is 7.04.